The van der Waals surface area contributed by atoms with Crippen molar-refractivity contribution in [1.82, 2.24) is 20.1 Å². The van der Waals surface area contributed by atoms with Gasteiger partial charge in [-0.2, -0.15) is 5.10 Å². The van der Waals surface area contributed by atoms with Crippen LogP contribution in [0, 0.1) is 0 Å². The molecule has 0 saturated carbocycles. The van der Waals surface area contributed by atoms with E-state index in [0.29, 0.717) is 0 Å². The van der Waals surface area contributed by atoms with E-state index in [-0.39, 0.29) is 6.04 Å². The van der Waals surface area contributed by atoms with Crippen LogP contribution in [-0.4, -0.2) is 21.3 Å². The van der Waals surface area contributed by atoms with E-state index in [9.17, 15) is 0 Å². The summed E-state index contributed by atoms with van der Waals surface area (Å²) in [6.45, 7) is 2.96. The molecular formula is C12H15BrN4. The maximum Gasteiger partial charge on any atom is 0.0933 e. The zero-order valence-electron chi connectivity index (χ0n) is 9.89. The largest absolute Gasteiger partial charge is 0.304 e. The van der Waals surface area contributed by atoms with Crippen molar-refractivity contribution in [3.8, 4) is 0 Å². The van der Waals surface area contributed by atoms with Gasteiger partial charge >= 0.3 is 0 Å². The predicted molar refractivity (Wildman–Crippen MR) is 70.7 cm³/mol. The summed E-state index contributed by atoms with van der Waals surface area (Å²) in [6, 6.07) is 6.00. The van der Waals surface area contributed by atoms with Gasteiger partial charge in [0, 0.05) is 13.2 Å². The summed E-state index contributed by atoms with van der Waals surface area (Å²) in [6.07, 6.45) is 3.62. The van der Waals surface area contributed by atoms with Crippen LogP contribution in [0.2, 0.25) is 0 Å². The van der Waals surface area contributed by atoms with Crippen LogP contribution in [0.5, 0.6) is 0 Å². The van der Waals surface area contributed by atoms with Crippen LogP contribution < -0.4 is 5.32 Å². The summed E-state index contributed by atoms with van der Waals surface area (Å²) in [5, 5.41) is 7.68. The molecule has 1 unspecified atom stereocenters. The molecular weight excluding hydrogens is 280 g/mol. The first kappa shape index (κ1) is 12.3. The van der Waals surface area contributed by atoms with Crippen molar-refractivity contribution < 1.29 is 0 Å². The summed E-state index contributed by atoms with van der Waals surface area (Å²) >= 11 is 3.53. The number of rotatable bonds is 4. The molecule has 2 rings (SSSR count). The molecule has 0 fully saturated rings. The molecule has 0 aliphatic rings. The van der Waals surface area contributed by atoms with E-state index in [2.05, 4.69) is 38.3 Å². The zero-order chi connectivity index (χ0) is 12.3. The zero-order valence-corrected chi connectivity index (χ0v) is 11.5. The van der Waals surface area contributed by atoms with Crippen molar-refractivity contribution in [3.05, 3.63) is 46.5 Å². The Kier molecular flexibility index (Phi) is 3.91. The lowest BCUT2D eigenvalue weighted by Crippen LogP contribution is -2.25. The Morgan fingerprint density at radius 3 is 2.82 bits per heavy atom. The van der Waals surface area contributed by atoms with Crippen molar-refractivity contribution in [3.63, 3.8) is 0 Å². The van der Waals surface area contributed by atoms with Crippen LogP contribution >= 0.6 is 15.9 Å². The van der Waals surface area contributed by atoms with Gasteiger partial charge in [-0.3, -0.25) is 9.67 Å². The van der Waals surface area contributed by atoms with Gasteiger partial charge in [-0.1, -0.05) is 13.0 Å². The SMILES string of the molecule is CCNC(c1ccccn1)c1c(Br)cnn1C. The summed E-state index contributed by atoms with van der Waals surface area (Å²) < 4.78 is 2.86. The van der Waals surface area contributed by atoms with Crippen molar-refractivity contribution >= 4 is 15.9 Å². The van der Waals surface area contributed by atoms with E-state index >= 15 is 0 Å². The van der Waals surface area contributed by atoms with Crippen molar-refractivity contribution in [1.29, 1.82) is 0 Å². The molecule has 4 nitrogen and oxygen atoms in total. The molecule has 0 saturated heterocycles. The molecule has 5 heteroatoms. The van der Waals surface area contributed by atoms with Gasteiger partial charge in [0.25, 0.3) is 0 Å². The highest BCUT2D eigenvalue weighted by molar-refractivity contribution is 9.10. The third kappa shape index (κ3) is 2.56. The van der Waals surface area contributed by atoms with Crippen LogP contribution in [0.1, 0.15) is 24.4 Å². The minimum absolute atomic E-state index is 0.0584. The lowest BCUT2D eigenvalue weighted by molar-refractivity contribution is 0.560. The number of nitrogens with one attached hydrogen (secondary N) is 1. The fraction of sp³-hybridized carbons (Fsp3) is 0.333. The van der Waals surface area contributed by atoms with E-state index in [0.717, 1.165) is 22.4 Å². The second-order valence-corrected chi connectivity index (χ2v) is 4.60. The standard InChI is InChI=1S/C12H15BrN4/c1-3-14-11(10-6-4-5-7-15-10)12-9(13)8-16-17(12)2/h4-8,11,14H,3H2,1-2H3. The fourth-order valence-corrected chi connectivity index (χ4v) is 2.41. The molecule has 2 heterocycles. The second kappa shape index (κ2) is 5.42. The Hall–Kier alpha value is -1.20. The highest BCUT2D eigenvalue weighted by Gasteiger charge is 2.20. The molecule has 0 spiro atoms. The summed E-state index contributed by atoms with van der Waals surface area (Å²) in [4.78, 5) is 4.41. The lowest BCUT2D eigenvalue weighted by atomic mass is 10.1. The Bertz CT molecular complexity index is 461. The fourth-order valence-electron chi connectivity index (χ4n) is 1.84. The van der Waals surface area contributed by atoms with E-state index in [1.54, 1.807) is 0 Å². The quantitative estimate of drug-likeness (QED) is 0.941. The molecule has 0 aliphatic heterocycles. The number of hydrogen-bond acceptors (Lipinski definition) is 3. The summed E-state index contributed by atoms with van der Waals surface area (Å²) in [5.41, 5.74) is 2.09. The third-order valence-electron chi connectivity index (χ3n) is 2.60. The first-order chi connectivity index (χ1) is 8.24. The van der Waals surface area contributed by atoms with Crippen molar-refractivity contribution in [2.75, 3.05) is 6.54 Å². The molecule has 2 aromatic rings. The number of pyridine rings is 1. The van der Waals surface area contributed by atoms with Gasteiger partial charge in [0.05, 0.1) is 28.1 Å². The van der Waals surface area contributed by atoms with Gasteiger partial charge < -0.3 is 5.32 Å². The molecule has 0 aliphatic carbocycles. The number of aromatic nitrogens is 3. The maximum atomic E-state index is 4.41. The number of hydrogen-bond donors (Lipinski definition) is 1. The minimum Gasteiger partial charge on any atom is -0.304 e. The van der Waals surface area contributed by atoms with Gasteiger partial charge in [-0.25, -0.2) is 0 Å². The normalized spacial score (nSPS) is 12.6. The van der Waals surface area contributed by atoms with Crippen LogP contribution in [0.3, 0.4) is 0 Å². The van der Waals surface area contributed by atoms with Crippen molar-refractivity contribution in [2.24, 2.45) is 7.05 Å². The summed E-state index contributed by atoms with van der Waals surface area (Å²) in [5.74, 6) is 0. The topological polar surface area (TPSA) is 42.7 Å². The van der Waals surface area contributed by atoms with E-state index < -0.39 is 0 Å². The van der Waals surface area contributed by atoms with E-state index in [1.165, 1.54) is 0 Å². The van der Waals surface area contributed by atoms with Crippen molar-refractivity contribution in [2.45, 2.75) is 13.0 Å². The molecule has 1 N–H and O–H groups in total. The molecule has 90 valence electrons. The monoisotopic (exact) mass is 294 g/mol. The Balaban J connectivity index is 2.43. The average Bonchev–Trinajstić information content (AvgIpc) is 2.68. The molecule has 2 aromatic heterocycles. The minimum atomic E-state index is 0.0584. The highest BCUT2D eigenvalue weighted by atomic mass is 79.9. The average molecular weight is 295 g/mol. The maximum absolute atomic E-state index is 4.41. The van der Waals surface area contributed by atoms with Crippen LogP contribution in [0.25, 0.3) is 0 Å². The lowest BCUT2D eigenvalue weighted by Gasteiger charge is -2.18. The molecule has 1 atom stereocenters. The second-order valence-electron chi connectivity index (χ2n) is 3.75. The molecule has 17 heavy (non-hydrogen) atoms. The van der Waals surface area contributed by atoms with Crippen LogP contribution in [-0.2, 0) is 7.05 Å². The molecule has 0 radical (unpaired) electrons. The van der Waals surface area contributed by atoms with Crippen LogP contribution in [0.15, 0.2) is 35.1 Å². The summed E-state index contributed by atoms with van der Waals surface area (Å²) in [7, 11) is 1.94. The van der Waals surface area contributed by atoms with Gasteiger partial charge in [0.15, 0.2) is 0 Å². The van der Waals surface area contributed by atoms with E-state index in [4.69, 9.17) is 0 Å². The highest BCUT2D eigenvalue weighted by Crippen LogP contribution is 2.26. The third-order valence-corrected chi connectivity index (χ3v) is 3.21. The number of aryl methyl sites for hydroxylation is 1. The Morgan fingerprint density at radius 1 is 1.47 bits per heavy atom. The molecule has 0 bridgehead atoms. The number of halogens is 1. The van der Waals surface area contributed by atoms with Gasteiger partial charge in [0.2, 0.25) is 0 Å². The molecule has 0 amide bonds. The Labute approximate surface area is 109 Å². The van der Waals surface area contributed by atoms with E-state index in [1.807, 2.05) is 42.3 Å². The van der Waals surface area contributed by atoms with Crippen LogP contribution in [0.4, 0.5) is 0 Å². The predicted octanol–water partition coefficient (Wildman–Crippen LogP) is 2.28. The van der Waals surface area contributed by atoms with Gasteiger partial charge in [-0.05, 0) is 34.6 Å². The Morgan fingerprint density at radius 2 is 2.29 bits per heavy atom. The first-order valence-corrected chi connectivity index (χ1v) is 6.35. The first-order valence-electron chi connectivity index (χ1n) is 5.55. The molecule has 0 aromatic carbocycles. The smallest absolute Gasteiger partial charge is 0.0933 e. The number of nitrogens with zero attached hydrogens (tertiary/aromatic N) is 3. The van der Waals surface area contributed by atoms with Gasteiger partial charge in [0.1, 0.15) is 0 Å². The van der Waals surface area contributed by atoms with Gasteiger partial charge in [-0.15, -0.1) is 0 Å².